The Morgan fingerprint density at radius 3 is 2.67 bits per heavy atom. The number of rotatable bonds is 6. The number of unbranched alkanes of at least 4 members (excludes halogenated alkanes) is 1. The van der Waals surface area contributed by atoms with Crippen molar-refractivity contribution in [3.63, 3.8) is 0 Å². The van der Waals surface area contributed by atoms with E-state index in [0.29, 0.717) is 0 Å². The number of para-hydroxylation sites is 1. The molecule has 0 saturated carbocycles. The second kappa shape index (κ2) is 6.63. The summed E-state index contributed by atoms with van der Waals surface area (Å²) in [7, 11) is 0. The average Bonchev–Trinajstić information content (AvgIpc) is 3.17. The highest BCUT2D eigenvalue weighted by molar-refractivity contribution is 7.99. The van der Waals surface area contributed by atoms with E-state index in [4.69, 9.17) is 4.42 Å². The molecule has 0 radical (unpaired) electrons. The minimum absolute atomic E-state index is 0.730. The molecule has 0 N–H and O–H groups in total. The van der Waals surface area contributed by atoms with Crippen LogP contribution in [0.15, 0.2) is 58.3 Å². The van der Waals surface area contributed by atoms with Crippen LogP contribution in [0.2, 0.25) is 0 Å². The first-order chi connectivity index (χ1) is 10.4. The number of aromatic nitrogens is 3. The molecule has 0 aliphatic carbocycles. The number of benzene rings is 1. The van der Waals surface area contributed by atoms with Crippen LogP contribution in [0.5, 0.6) is 0 Å². The lowest BCUT2D eigenvalue weighted by Crippen LogP contribution is -1.99. The number of thioether (sulfide) groups is 1. The molecule has 4 nitrogen and oxygen atoms in total. The van der Waals surface area contributed by atoms with Crippen molar-refractivity contribution in [3.05, 3.63) is 48.7 Å². The van der Waals surface area contributed by atoms with Gasteiger partial charge in [0.2, 0.25) is 5.82 Å². The van der Waals surface area contributed by atoms with Crippen molar-refractivity contribution in [2.24, 2.45) is 0 Å². The molecule has 3 aromatic rings. The van der Waals surface area contributed by atoms with Gasteiger partial charge in [-0.25, -0.2) is 0 Å². The van der Waals surface area contributed by atoms with Gasteiger partial charge in [0.15, 0.2) is 10.9 Å². The summed E-state index contributed by atoms with van der Waals surface area (Å²) in [5.74, 6) is 2.51. The van der Waals surface area contributed by atoms with Crippen LogP contribution in [0, 0.1) is 0 Å². The Kier molecular flexibility index (Phi) is 4.40. The van der Waals surface area contributed by atoms with Crippen molar-refractivity contribution in [1.29, 1.82) is 0 Å². The first-order valence-corrected chi connectivity index (χ1v) is 8.06. The summed E-state index contributed by atoms with van der Waals surface area (Å²) in [6, 6.07) is 13.9. The monoisotopic (exact) mass is 299 g/mol. The first-order valence-electron chi connectivity index (χ1n) is 7.07. The van der Waals surface area contributed by atoms with Gasteiger partial charge in [-0.15, -0.1) is 10.2 Å². The van der Waals surface area contributed by atoms with Gasteiger partial charge < -0.3 is 4.42 Å². The summed E-state index contributed by atoms with van der Waals surface area (Å²) in [6.07, 6.45) is 4.00. The van der Waals surface area contributed by atoms with E-state index in [1.165, 1.54) is 12.8 Å². The van der Waals surface area contributed by atoms with Crippen molar-refractivity contribution in [1.82, 2.24) is 14.8 Å². The van der Waals surface area contributed by atoms with Crippen LogP contribution < -0.4 is 0 Å². The largest absolute Gasteiger partial charge is 0.461 e. The highest BCUT2D eigenvalue weighted by Crippen LogP contribution is 2.28. The van der Waals surface area contributed by atoms with Crippen molar-refractivity contribution >= 4 is 11.8 Å². The zero-order valence-electron chi connectivity index (χ0n) is 11.9. The lowest BCUT2D eigenvalue weighted by atomic mass is 10.3. The van der Waals surface area contributed by atoms with Crippen LogP contribution >= 0.6 is 11.8 Å². The van der Waals surface area contributed by atoms with E-state index in [1.54, 1.807) is 18.0 Å². The van der Waals surface area contributed by atoms with Crippen molar-refractivity contribution in [2.75, 3.05) is 5.75 Å². The lowest BCUT2D eigenvalue weighted by molar-refractivity contribution is 0.575. The molecular weight excluding hydrogens is 282 g/mol. The van der Waals surface area contributed by atoms with Crippen LogP contribution in [0.3, 0.4) is 0 Å². The third-order valence-electron chi connectivity index (χ3n) is 3.12. The maximum absolute atomic E-state index is 5.49. The number of nitrogens with zero attached hydrogens (tertiary/aromatic N) is 3. The smallest absolute Gasteiger partial charge is 0.205 e. The van der Waals surface area contributed by atoms with Gasteiger partial charge in [-0.3, -0.25) is 4.57 Å². The summed E-state index contributed by atoms with van der Waals surface area (Å²) in [5.41, 5.74) is 1.05. The van der Waals surface area contributed by atoms with E-state index in [0.717, 1.165) is 28.2 Å². The number of hydrogen-bond acceptors (Lipinski definition) is 4. The van der Waals surface area contributed by atoms with Gasteiger partial charge in [0.1, 0.15) is 0 Å². The summed E-state index contributed by atoms with van der Waals surface area (Å²) < 4.78 is 7.54. The van der Waals surface area contributed by atoms with Gasteiger partial charge in [0.05, 0.1) is 6.26 Å². The third kappa shape index (κ3) is 3.03. The summed E-state index contributed by atoms with van der Waals surface area (Å²) >= 11 is 1.73. The quantitative estimate of drug-likeness (QED) is 0.499. The fourth-order valence-electron chi connectivity index (χ4n) is 2.05. The van der Waals surface area contributed by atoms with Crippen LogP contribution in [0.4, 0.5) is 0 Å². The van der Waals surface area contributed by atoms with Crippen LogP contribution in [0.1, 0.15) is 19.8 Å². The van der Waals surface area contributed by atoms with E-state index < -0.39 is 0 Å². The molecule has 108 valence electrons. The van der Waals surface area contributed by atoms with Gasteiger partial charge in [-0.2, -0.15) is 0 Å². The van der Waals surface area contributed by atoms with Crippen molar-refractivity contribution in [3.8, 4) is 17.3 Å². The highest BCUT2D eigenvalue weighted by atomic mass is 32.2. The predicted octanol–water partition coefficient (Wildman–Crippen LogP) is 4.42. The van der Waals surface area contributed by atoms with Gasteiger partial charge in [0.25, 0.3) is 0 Å². The SMILES string of the molecule is CCCCSc1nnc(-c2ccco2)n1-c1ccccc1. The summed E-state index contributed by atoms with van der Waals surface area (Å²) in [4.78, 5) is 0. The zero-order chi connectivity index (χ0) is 14.5. The number of furan rings is 1. The molecule has 0 atom stereocenters. The molecule has 3 rings (SSSR count). The molecule has 0 unspecified atom stereocenters. The molecule has 2 heterocycles. The van der Waals surface area contributed by atoms with Crippen molar-refractivity contribution in [2.45, 2.75) is 24.9 Å². The van der Waals surface area contributed by atoms with E-state index in [9.17, 15) is 0 Å². The lowest BCUT2D eigenvalue weighted by Gasteiger charge is -2.08. The zero-order valence-corrected chi connectivity index (χ0v) is 12.7. The molecule has 0 fully saturated rings. The molecule has 0 spiro atoms. The fourth-order valence-corrected chi connectivity index (χ4v) is 3.08. The second-order valence-corrected chi connectivity index (χ2v) is 5.72. The molecule has 0 aliphatic heterocycles. The molecule has 21 heavy (non-hydrogen) atoms. The maximum atomic E-state index is 5.49. The minimum atomic E-state index is 0.730. The van der Waals surface area contributed by atoms with E-state index >= 15 is 0 Å². The fraction of sp³-hybridized carbons (Fsp3) is 0.250. The number of hydrogen-bond donors (Lipinski definition) is 0. The molecule has 0 amide bonds. The normalized spacial score (nSPS) is 10.9. The highest BCUT2D eigenvalue weighted by Gasteiger charge is 2.17. The molecular formula is C16H17N3OS. The average molecular weight is 299 g/mol. The summed E-state index contributed by atoms with van der Waals surface area (Å²) in [6.45, 7) is 2.19. The Morgan fingerprint density at radius 1 is 1.10 bits per heavy atom. The maximum Gasteiger partial charge on any atom is 0.205 e. The molecule has 5 heteroatoms. The Hall–Kier alpha value is -2.01. The van der Waals surface area contributed by atoms with Crippen LogP contribution in [-0.4, -0.2) is 20.5 Å². The molecule has 0 bridgehead atoms. The van der Waals surface area contributed by atoms with Gasteiger partial charge in [-0.1, -0.05) is 43.3 Å². The minimum Gasteiger partial charge on any atom is -0.461 e. The molecule has 0 saturated heterocycles. The van der Waals surface area contributed by atoms with Gasteiger partial charge >= 0.3 is 0 Å². The van der Waals surface area contributed by atoms with E-state index in [2.05, 4.69) is 33.8 Å². The topological polar surface area (TPSA) is 43.9 Å². The second-order valence-electron chi connectivity index (χ2n) is 4.66. The van der Waals surface area contributed by atoms with Crippen LogP contribution in [-0.2, 0) is 0 Å². The predicted molar refractivity (Wildman–Crippen MR) is 84.7 cm³/mol. The first kappa shape index (κ1) is 13.9. The molecule has 2 aromatic heterocycles. The molecule has 1 aromatic carbocycles. The summed E-state index contributed by atoms with van der Waals surface area (Å²) in [5, 5.41) is 9.55. The third-order valence-corrected chi connectivity index (χ3v) is 4.13. The Labute approximate surface area is 128 Å². The van der Waals surface area contributed by atoms with Gasteiger partial charge in [-0.05, 0) is 30.7 Å². The van der Waals surface area contributed by atoms with Gasteiger partial charge in [0, 0.05) is 11.4 Å². The Bertz CT molecular complexity index is 677. The molecule has 0 aliphatic rings. The van der Waals surface area contributed by atoms with Crippen molar-refractivity contribution < 1.29 is 4.42 Å². The Balaban J connectivity index is 2.02. The standard InChI is InChI=1S/C16H17N3OS/c1-2-3-12-21-16-18-17-15(14-10-7-11-20-14)19(16)13-8-5-4-6-9-13/h4-11H,2-3,12H2,1H3. The van der Waals surface area contributed by atoms with E-state index in [-0.39, 0.29) is 0 Å². The Morgan fingerprint density at radius 2 is 1.95 bits per heavy atom. The van der Waals surface area contributed by atoms with E-state index in [1.807, 2.05) is 30.3 Å². The van der Waals surface area contributed by atoms with Crippen LogP contribution in [0.25, 0.3) is 17.3 Å².